The molecule has 0 radical (unpaired) electrons. The molecule has 0 spiro atoms. The molecule has 78 valence electrons. The zero-order valence-electron chi connectivity index (χ0n) is 7.91. The summed E-state index contributed by atoms with van der Waals surface area (Å²) >= 11 is 0. The molecule has 2 aromatic rings. The fourth-order valence-corrected chi connectivity index (χ4v) is 1.11. The average Bonchev–Trinajstić information content (AvgIpc) is 2.72. The number of aliphatic carboxylic acids is 1. The van der Waals surface area contributed by atoms with Crippen molar-refractivity contribution >= 4 is 5.97 Å². The second-order valence-corrected chi connectivity index (χ2v) is 2.98. The first kappa shape index (κ1) is 9.38. The number of rotatable bonds is 3. The highest BCUT2D eigenvalue weighted by Crippen LogP contribution is 2.13. The van der Waals surface area contributed by atoms with Crippen LogP contribution in [-0.2, 0) is 18.3 Å². The monoisotopic (exact) mass is 208 g/mol. The number of nitrogens with zero attached hydrogens (tertiary/aromatic N) is 4. The van der Waals surface area contributed by atoms with Gasteiger partial charge in [-0.3, -0.25) is 9.48 Å². The summed E-state index contributed by atoms with van der Waals surface area (Å²) < 4.78 is 6.36. The lowest BCUT2D eigenvalue weighted by Gasteiger charge is -1.84. The van der Waals surface area contributed by atoms with E-state index in [0.29, 0.717) is 11.4 Å². The molecule has 0 unspecified atom stereocenters. The van der Waals surface area contributed by atoms with Gasteiger partial charge in [-0.05, 0) is 0 Å². The second-order valence-electron chi connectivity index (χ2n) is 2.98. The van der Waals surface area contributed by atoms with Crippen molar-refractivity contribution in [2.75, 3.05) is 0 Å². The van der Waals surface area contributed by atoms with Gasteiger partial charge in [0.05, 0.1) is 11.8 Å². The minimum atomic E-state index is -1.00. The highest BCUT2D eigenvalue weighted by atomic mass is 16.5. The summed E-state index contributed by atoms with van der Waals surface area (Å²) in [6.07, 6.45) is 3.03. The Hall–Kier alpha value is -2.18. The first-order valence-electron chi connectivity index (χ1n) is 4.18. The van der Waals surface area contributed by atoms with Crippen LogP contribution < -0.4 is 0 Å². The molecular weight excluding hydrogens is 200 g/mol. The molecule has 0 aliphatic rings. The Bertz CT molecular complexity index is 488. The molecule has 0 saturated carbocycles. The van der Waals surface area contributed by atoms with Crippen molar-refractivity contribution in [2.24, 2.45) is 7.05 Å². The summed E-state index contributed by atoms with van der Waals surface area (Å²) in [5, 5.41) is 16.1. The number of carbonyl (C=O) groups is 1. The van der Waals surface area contributed by atoms with E-state index in [1.807, 2.05) is 0 Å². The van der Waals surface area contributed by atoms with Crippen molar-refractivity contribution in [3.8, 4) is 11.4 Å². The summed E-state index contributed by atoms with van der Waals surface area (Å²) in [5.41, 5.74) is 0.692. The van der Waals surface area contributed by atoms with Crippen LogP contribution in [0, 0.1) is 0 Å². The van der Waals surface area contributed by atoms with Gasteiger partial charge in [-0.2, -0.15) is 10.1 Å². The Morgan fingerprint density at radius 1 is 1.67 bits per heavy atom. The fourth-order valence-electron chi connectivity index (χ4n) is 1.11. The molecule has 15 heavy (non-hydrogen) atoms. The predicted octanol–water partition coefficient (Wildman–Crippen LogP) is 0.0972. The molecule has 7 heteroatoms. The van der Waals surface area contributed by atoms with E-state index < -0.39 is 5.97 Å². The van der Waals surface area contributed by atoms with Gasteiger partial charge in [-0.1, -0.05) is 5.16 Å². The molecule has 0 aliphatic heterocycles. The highest BCUT2D eigenvalue weighted by Gasteiger charge is 2.12. The van der Waals surface area contributed by atoms with Crippen LogP contribution in [0.1, 0.15) is 5.89 Å². The summed E-state index contributed by atoms with van der Waals surface area (Å²) in [6, 6.07) is 0. The number of carboxylic acid groups (broad SMARTS) is 1. The quantitative estimate of drug-likeness (QED) is 0.768. The molecule has 2 heterocycles. The van der Waals surface area contributed by atoms with Gasteiger partial charge in [0.25, 0.3) is 0 Å². The highest BCUT2D eigenvalue weighted by molar-refractivity contribution is 5.69. The van der Waals surface area contributed by atoms with E-state index >= 15 is 0 Å². The molecule has 0 saturated heterocycles. The van der Waals surface area contributed by atoms with Crippen molar-refractivity contribution in [1.82, 2.24) is 19.9 Å². The van der Waals surface area contributed by atoms with Gasteiger partial charge in [0.2, 0.25) is 11.7 Å². The van der Waals surface area contributed by atoms with E-state index in [9.17, 15) is 4.79 Å². The van der Waals surface area contributed by atoms with Crippen LogP contribution in [-0.4, -0.2) is 31.0 Å². The molecule has 0 amide bonds. The molecule has 0 fully saturated rings. The standard InChI is InChI=1S/C8H8N4O3/c1-12-4-5(3-9-12)8-10-6(15-11-8)2-7(13)14/h3-4H,2H2,1H3,(H,13,14). The van der Waals surface area contributed by atoms with Gasteiger partial charge in [0.1, 0.15) is 6.42 Å². The zero-order valence-corrected chi connectivity index (χ0v) is 7.91. The molecule has 2 rings (SSSR count). The number of aryl methyl sites for hydroxylation is 1. The van der Waals surface area contributed by atoms with Gasteiger partial charge in [0.15, 0.2) is 0 Å². The van der Waals surface area contributed by atoms with Crippen molar-refractivity contribution in [3.63, 3.8) is 0 Å². The SMILES string of the molecule is Cn1cc(-c2noc(CC(=O)O)n2)cn1. The van der Waals surface area contributed by atoms with E-state index in [2.05, 4.69) is 15.2 Å². The minimum absolute atomic E-state index is 0.0846. The third kappa shape index (κ3) is 2.01. The molecular formula is C8H8N4O3. The van der Waals surface area contributed by atoms with E-state index in [4.69, 9.17) is 9.63 Å². The lowest BCUT2D eigenvalue weighted by Crippen LogP contribution is -1.99. The predicted molar refractivity (Wildman–Crippen MR) is 47.8 cm³/mol. The summed E-state index contributed by atoms with van der Waals surface area (Å²) in [4.78, 5) is 14.3. The zero-order chi connectivity index (χ0) is 10.8. The largest absolute Gasteiger partial charge is 0.481 e. The molecule has 0 atom stereocenters. The Balaban J connectivity index is 2.23. The molecule has 2 aromatic heterocycles. The molecule has 1 N–H and O–H groups in total. The van der Waals surface area contributed by atoms with Crippen LogP contribution in [0.3, 0.4) is 0 Å². The summed E-state index contributed by atoms with van der Waals surface area (Å²) in [5.74, 6) is -0.572. The van der Waals surface area contributed by atoms with Gasteiger partial charge < -0.3 is 9.63 Å². The lowest BCUT2D eigenvalue weighted by atomic mass is 10.3. The van der Waals surface area contributed by atoms with E-state index in [0.717, 1.165) is 0 Å². The Morgan fingerprint density at radius 2 is 2.47 bits per heavy atom. The molecule has 0 aromatic carbocycles. The van der Waals surface area contributed by atoms with Crippen molar-refractivity contribution < 1.29 is 14.4 Å². The topological polar surface area (TPSA) is 94.0 Å². The maximum atomic E-state index is 10.4. The first-order chi connectivity index (χ1) is 7.15. The minimum Gasteiger partial charge on any atom is -0.481 e. The van der Waals surface area contributed by atoms with E-state index in [1.54, 1.807) is 24.1 Å². The maximum absolute atomic E-state index is 10.4. The smallest absolute Gasteiger partial charge is 0.312 e. The fraction of sp³-hybridized carbons (Fsp3) is 0.250. The van der Waals surface area contributed by atoms with Crippen molar-refractivity contribution in [1.29, 1.82) is 0 Å². The Kier molecular flexibility index (Phi) is 2.20. The van der Waals surface area contributed by atoms with Gasteiger partial charge in [-0.25, -0.2) is 0 Å². The summed E-state index contributed by atoms with van der Waals surface area (Å²) in [7, 11) is 1.77. The van der Waals surface area contributed by atoms with Crippen molar-refractivity contribution in [2.45, 2.75) is 6.42 Å². The normalized spacial score (nSPS) is 10.5. The van der Waals surface area contributed by atoms with E-state index in [-0.39, 0.29) is 12.3 Å². The Morgan fingerprint density at radius 3 is 3.07 bits per heavy atom. The van der Waals surface area contributed by atoms with Crippen LogP contribution in [0.5, 0.6) is 0 Å². The number of aromatic nitrogens is 4. The van der Waals surface area contributed by atoms with Gasteiger partial charge >= 0.3 is 5.97 Å². The van der Waals surface area contributed by atoms with E-state index in [1.165, 1.54) is 0 Å². The molecule has 0 bridgehead atoms. The third-order valence-electron chi connectivity index (χ3n) is 1.73. The lowest BCUT2D eigenvalue weighted by molar-refractivity contribution is -0.136. The average molecular weight is 208 g/mol. The second kappa shape index (κ2) is 3.52. The Labute approximate surface area is 84.3 Å². The summed E-state index contributed by atoms with van der Waals surface area (Å²) in [6.45, 7) is 0. The van der Waals surface area contributed by atoms with Crippen molar-refractivity contribution in [3.05, 3.63) is 18.3 Å². The number of hydrogen-bond donors (Lipinski definition) is 1. The molecule has 7 nitrogen and oxygen atoms in total. The van der Waals surface area contributed by atoms with Gasteiger partial charge in [0, 0.05) is 13.2 Å². The molecule has 0 aliphatic carbocycles. The van der Waals surface area contributed by atoms with Crippen LogP contribution in [0.25, 0.3) is 11.4 Å². The van der Waals surface area contributed by atoms with Crippen LogP contribution >= 0.6 is 0 Å². The first-order valence-corrected chi connectivity index (χ1v) is 4.18. The maximum Gasteiger partial charge on any atom is 0.312 e. The van der Waals surface area contributed by atoms with Crippen LogP contribution in [0.2, 0.25) is 0 Å². The number of hydrogen-bond acceptors (Lipinski definition) is 5. The van der Waals surface area contributed by atoms with Crippen LogP contribution in [0.4, 0.5) is 0 Å². The van der Waals surface area contributed by atoms with Gasteiger partial charge in [-0.15, -0.1) is 0 Å². The van der Waals surface area contributed by atoms with Crippen LogP contribution in [0.15, 0.2) is 16.9 Å². The number of carboxylic acids is 1. The third-order valence-corrected chi connectivity index (χ3v) is 1.73.